The number of nitrogens with one attached hydrogen (secondary N) is 2. The van der Waals surface area contributed by atoms with Crippen molar-refractivity contribution in [2.75, 3.05) is 6.61 Å². The smallest absolute Gasteiger partial charge is 0.253 e. The molecule has 5 nitrogen and oxygen atoms in total. The SMILES string of the molecule is Cc1[nH]c(=O)ccc1C(=O)NC(CO)c1ccccc1. The Kier molecular flexibility index (Phi) is 4.32. The highest BCUT2D eigenvalue weighted by Crippen LogP contribution is 2.13. The highest BCUT2D eigenvalue weighted by Gasteiger charge is 2.16. The molecule has 3 N–H and O–H groups in total. The second-order valence-corrected chi connectivity index (χ2v) is 4.48. The summed E-state index contributed by atoms with van der Waals surface area (Å²) < 4.78 is 0. The molecular formula is C15H16N2O3. The summed E-state index contributed by atoms with van der Waals surface area (Å²) in [6.07, 6.45) is 0. The van der Waals surface area contributed by atoms with E-state index in [0.29, 0.717) is 11.3 Å². The van der Waals surface area contributed by atoms with E-state index in [-0.39, 0.29) is 18.1 Å². The van der Waals surface area contributed by atoms with Crippen LogP contribution < -0.4 is 10.9 Å². The zero-order chi connectivity index (χ0) is 14.5. The van der Waals surface area contributed by atoms with E-state index in [2.05, 4.69) is 10.3 Å². The minimum absolute atomic E-state index is 0.196. The molecule has 0 aliphatic heterocycles. The van der Waals surface area contributed by atoms with Gasteiger partial charge in [-0.05, 0) is 18.6 Å². The van der Waals surface area contributed by atoms with Gasteiger partial charge in [-0.1, -0.05) is 30.3 Å². The normalized spacial score (nSPS) is 11.9. The Hall–Kier alpha value is -2.40. The Morgan fingerprint density at radius 1 is 1.25 bits per heavy atom. The number of rotatable bonds is 4. The second-order valence-electron chi connectivity index (χ2n) is 4.48. The monoisotopic (exact) mass is 272 g/mol. The maximum atomic E-state index is 12.2. The number of benzene rings is 1. The number of hydrogen-bond donors (Lipinski definition) is 3. The van der Waals surface area contributed by atoms with Crippen molar-refractivity contribution in [3.05, 3.63) is 69.6 Å². The van der Waals surface area contributed by atoms with Crippen LogP contribution in [0.2, 0.25) is 0 Å². The summed E-state index contributed by atoms with van der Waals surface area (Å²) in [5.41, 5.74) is 1.46. The number of carbonyl (C=O) groups excluding carboxylic acids is 1. The second kappa shape index (κ2) is 6.16. The van der Waals surface area contributed by atoms with Crippen LogP contribution in [0, 0.1) is 6.92 Å². The molecule has 1 atom stereocenters. The summed E-state index contributed by atoms with van der Waals surface area (Å²) in [5.74, 6) is -0.332. The number of aromatic amines is 1. The van der Waals surface area contributed by atoms with Gasteiger partial charge in [0.25, 0.3) is 5.91 Å². The summed E-state index contributed by atoms with van der Waals surface area (Å²) in [7, 11) is 0. The molecule has 0 bridgehead atoms. The first-order valence-electron chi connectivity index (χ1n) is 6.28. The first-order valence-corrected chi connectivity index (χ1v) is 6.28. The summed E-state index contributed by atoms with van der Waals surface area (Å²) in [5, 5.41) is 12.2. The molecular weight excluding hydrogens is 256 g/mol. The Morgan fingerprint density at radius 3 is 2.55 bits per heavy atom. The molecule has 1 aromatic heterocycles. The van der Waals surface area contributed by atoms with E-state index in [1.165, 1.54) is 12.1 Å². The lowest BCUT2D eigenvalue weighted by Gasteiger charge is -2.17. The molecule has 0 radical (unpaired) electrons. The van der Waals surface area contributed by atoms with Crippen molar-refractivity contribution >= 4 is 5.91 Å². The lowest BCUT2D eigenvalue weighted by Crippen LogP contribution is -2.31. The number of pyridine rings is 1. The van der Waals surface area contributed by atoms with Crippen molar-refractivity contribution in [3.8, 4) is 0 Å². The number of hydrogen-bond acceptors (Lipinski definition) is 3. The van der Waals surface area contributed by atoms with Crippen LogP contribution in [0.1, 0.15) is 27.7 Å². The van der Waals surface area contributed by atoms with Gasteiger partial charge in [0.2, 0.25) is 5.56 Å². The lowest BCUT2D eigenvalue weighted by atomic mass is 10.1. The summed E-state index contributed by atoms with van der Waals surface area (Å²) >= 11 is 0. The molecule has 1 heterocycles. The summed E-state index contributed by atoms with van der Waals surface area (Å²) in [6, 6.07) is 11.5. The van der Waals surface area contributed by atoms with Gasteiger partial charge < -0.3 is 15.4 Å². The quantitative estimate of drug-likeness (QED) is 0.780. The van der Waals surface area contributed by atoms with Gasteiger partial charge in [0.1, 0.15) is 0 Å². The summed E-state index contributed by atoms with van der Waals surface area (Å²) in [4.78, 5) is 25.9. The van der Waals surface area contributed by atoms with Crippen LogP contribution in [0.3, 0.4) is 0 Å². The minimum Gasteiger partial charge on any atom is -0.394 e. The summed E-state index contributed by atoms with van der Waals surface area (Å²) in [6.45, 7) is 1.46. The van der Waals surface area contributed by atoms with Crippen LogP contribution in [0.5, 0.6) is 0 Å². The third-order valence-corrected chi connectivity index (χ3v) is 3.05. The number of H-pyrrole nitrogens is 1. The van der Waals surface area contributed by atoms with Crippen LogP contribution in [0.4, 0.5) is 0 Å². The fourth-order valence-electron chi connectivity index (χ4n) is 1.98. The standard InChI is InChI=1S/C15H16N2O3/c1-10-12(7-8-14(19)16-10)15(20)17-13(9-18)11-5-3-2-4-6-11/h2-8,13,18H,9H2,1H3,(H,16,19)(H,17,20). The number of amides is 1. The van der Waals surface area contributed by atoms with Gasteiger partial charge in [-0.3, -0.25) is 9.59 Å². The van der Waals surface area contributed by atoms with Gasteiger partial charge in [0, 0.05) is 11.8 Å². The molecule has 1 unspecified atom stereocenters. The predicted octanol–water partition coefficient (Wildman–Crippen LogP) is 1.15. The Morgan fingerprint density at radius 2 is 1.95 bits per heavy atom. The van der Waals surface area contributed by atoms with E-state index < -0.39 is 6.04 Å². The molecule has 1 aromatic carbocycles. The van der Waals surface area contributed by atoms with E-state index in [0.717, 1.165) is 5.56 Å². The number of aliphatic hydroxyl groups is 1. The fraction of sp³-hybridized carbons (Fsp3) is 0.200. The van der Waals surface area contributed by atoms with Gasteiger partial charge >= 0.3 is 0 Å². The predicted molar refractivity (Wildman–Crippen MR) is 75.5 cm³/mol. The molecule has 104 valence electrons. The van der Waals surface area contributed by atoms with Crippen molar-refractivity contribution < 1.29 is 9.90 Å². The van der Waals surface area contributed by atoms with Crippen LogP contribution >= 0.6 is 0 Å². The van der Waals surface area contributed by atoms with Crippen molar-refractivity contribution in [1.82, 2.24) is 10.3 Å². The lowest BCUT2D eigenvalue weighted by molar-refractivity contribution is 0.0915. The molecule has 0 fully saturated rings. The average Bonchev–Trinajstić information content (AvgIpc) is 2.45. The van der Waals surface area contributed by atoms with E-state index >= 15 is 0 Å². The van der Waals surface area contributed by atoms with Gasteiger partial charge in [0.05, 0.1) is 18.2 Å². The first kappa shape index (κ1) is 14.0. The number of carbonyl (C=O) groups is 1. The number of aryl methyl sites for hydroxylation is 1. The zero-order valence-electron chi connectivity index (χ0n) is 11.1. The third kappa shape index (κ3) is 3.13. The van der Waals surface area contributed by atoms with Crippen molar-refractivity contribution in [3.63, 3.8) is 0 Å². The Labute approximate surface area is 116 Å². The number of aliphatic hydroxyl groups excluding tert-OH is 1. The van der Waals surface area contributed by atoms with Crippen molar-refractivity contribution in [2.24, 2.45) is 0 Å². The van der Waals surface area contributed by atoms with Crippen LogP contribution in [-0.4, -0.2) is 22.6 Å². The van der Waals surface area contributed by atoms with Gasteiger partial charge in [-0.2, -0.15) is 0 Å². The topological polar surface area (TPSA) is 82.2 Å². The molecule has 2 aromatic rings. The van der Waals surface area contributed by atoms with E-state index in [1.807, 2.05) is 30.3 Å². The molecule has 0 saturated heterocycles. The molecule has 5 heteroatoms. The highest BCUT2D eigenvalue weighted by molar-refractivity contribution is 5.95. The Balaban J connectivity index is 2.19. The number of aromatic nitrogens is 1. The maximum Gasteiger partial charge on any atom is 0.253 e. The van der Waals surface area contributed by atoms with Crippen LogP contribution in [-0.2, 0) is 0 Å². The van der Waals surface area contributed by atoms with Gasteiger partial charge in [-0.25, -0.2) is 0 Å². The average molecular weight is 272 g/mol. The van der Waals surface area contributed by atoms with Gasteiger partial charge in [-0.15, -0.1) is 0 Å². The molecule has 1 amide bonds. The largest absolute Gasteiger partial charge is 0.394 e. The van der Waals surface area contributed by atoms with Crippen molar-refractivity contribution in [2.45, 2.75) is 13.0 Å². The van der Waals surface area contributed by atoms with E-state index in [4.69, 9.17) is 0 Å². The molecule has 2 rings (SSSR count). The minimum atomic E-state index is -0.477. The molecule has 0 aliphatic carbocycles. The molecule has 0 saturated carbocycles. The van der Waals surface area contributed by atoms with Crippen LogP contribution in [0.25, 0.3) is 0 Å². The first-order chi connectivity index (χ1) is 9.61. The fourth-order valence-corrected chi connectivity index (χ4v) is 1.98. The Bertz CT molecular complexity index is 650. The zero-order valence-corrected chi connectivity index (χ0v) is 11.1. The third-order valence-electron chi connectivity index (χ3n) is 3.05. The van der Waals surface area contributed by atoms with Crippen molar-refractivity contribution in [1.29, 1.82) is 0 Å². The van der Waals surface area contributed by atoms with Crippen LogP contribution in [0.15, 0.2) is 47.3 Å². The molecule has 0 spiro atoms. The van der Waals surface area contributed by atoms with Gasteiger partial charge in [0.15, 0.2) is 0 Å². The van der Waals surface area contributed by atoms with E-state index in [1.54, 1.807) is 6.92 Å². The molecule has 20 heavy (non-hydrogen) atoms. The molecule has 0 aliphatic rings. The maximum absolute atomic E-state index is 12.2. The van der Waals surface area contributed by atoms with E-state index in [9.17, 15) is 14.7 Å². The highest BCUT2D eigenvalue weighted by atomic mass is 16.3.